The van der Waals surface area contributed by atoms with Crippen LogP contribution in [-0.4, -0.2) is 60.9 Å². The Hall–Kier alpha value is -3.59. The molecular formula is C25H33N3O6. The van der Waals surface area contributed by atoms with Crippen LogP contribution in [0.5, 0.6) is 0 Å². The van der Waals surface area contributed by atoms with E-state index in [1.165, 1.54) is 0 Å². The predicted molar refractivity (Wildman–Crippen MR) is 127 cm³/mol. The van der Waals surface area contributed by atoms with Gasteiger partial charge in [0.05, 0.1) is 6.54 Å². The molecule has 0 heterocycles. The van der Waals surface area contributed by atoms with Gasteiger partial charge in [0.15, 0.2) is 0 Å². The van der Waals surface area contributed by atoms with Gasteiger partial charge in [0, 0.05) is 19.6 Å². The monoisotopic (exact) mass is 471 g/mol. The van der Waals surface area contributed by atoms with Crippen LogP contribution in [0.25, 0.3) is 0 Å². The van der Waals surface area contributed by atoms with E-state index in [9.17, 15) is 14.4 Å². The molecule has 34 heavy (non-hydrogen) atoms. The zero-order valence-corrected chi connectivity index (χ0v) is 19.3. The van der Waals surface area contributed by atoms with Crippen LogP contribution in [0.2, 0.25) is 0 Å². The van der Waals surface area contributed by atoms with Crippen molar-refractivity contribution in [1.29, 1.82) is 0 Å². The molecule has 0 aromatic heterocycles. The number of nitrogens with one attached hydrogen (secondary N) is 2. The topological polar surface area (TPSA) is 117 Å². The molecular weight excluding hydrogens is 438 g/mol. The van der Waals surface area contributed by atoms with Crippen molar-refractivity contribution in [3.05, 3.63) is 71.8 Å². The first-order chi connectivity index (χ1) is 16.5. The number of carbonyl (C=O) groups excluding carboxylic acids is 2. The molecule has 2 aromatic carbocycles. The van der Waals surface area contributed by atoms with Gasteiger partial charge < -0.3 is 30.1 Å². The third kappa shape index (κ3) is 11.9. The molecule has 0 saturated heterocycles. The Morgan fingerprint density at radius 2 is 1.35 bits per heavy atom. The van der Waals surface area contributed by atoms with Gasteiger partial charge in [-0.3, -0.25) is 4.79 Å². The maximum Gasteiger partial charge on any atom is 0.410 e. The second-order valence-corrected chi connectivity index (χ2v) is 7.65. The summed E-state index contributed by atoms with van der Waals surface area (Å²) in [4.78, 5) is 36.6. The molecule has 2 aromatic rings. The molecule has 2 rings (SSSR count). The summed E-state index contributed by atoms with van der Waals surface area (Å²) in [5.74, 6) is -0.922. The number of carbonyl (C=O) groups is 3. The Balaban J connectivity index is 1.68. The smallest absolute Gasteiger partial charge is 0.410 e. The first kappa shape index (κ1) is 26.7. The molecule has 9 heteroatoms. The Morgan fingerprint density at radius 1 is 0.765 bits per heavy atom. The molecule has 184 valence electrons. The fraction of sp³-hybridized carbons (Fsp3) is 0.400. The molecule has 0 unspecified atom stereocenters. The van der Waals surface area contributed by atoms with Crippen molar-refractivity contribution in [2.75, 3.05) is 32.7 Å². The van der Waals surface area contributed by atoms with E-state index in [0.717, 1.165) is 11.1 Å². The lowest BCUT2D eigenvalue weighted by Gasteiger charge is -2.22. The molecule has 3 N–H and O–H groups in total. The number of aliphatic carboxylic acids is 1. The highest BCUT2D eigenvalue weighted by Gasteiger charge is 2.15. The fourth-order valence-corrected chi connectivity index (χ4v) is 3.09. The second kappa shape index (κ2) is 16.1. The summed E-state index contributed by atoms with van der Waals surface area (Å²) in [6.45, 7) is 2.08. The highest BCUT2D eigenvalue weighted by molar-refractivity contribution is 5.69. The van der Waals surface area contributed by atoms with Gasteiger partial charge in [0.25, 0.3) is 0 Å². The highest BCUT2D eigenvalue weighted by atomic mass is 16.6. The largest absolute Gasteiger partial charge is 0.480 e. The van der Waals surface area contributed by atoms with E-state index in [1.54, 1.807) is 4.90 Å². The average molecular weight is 472 g/mol. The van der Waals surface area contributed by atoms with Gasteiger partial charge in [-0.2, -0.15) is 0 Å². The van der Waals surface area contributed by atoms with E-state index >= 15 is 0 Å². The number of alkyl carbamates (subject to hydrolysis) is 1. The van der Waals surface area contributed by atoms with Gasteiger partial charge in [0.1, 0.15) is 13.2 Å². The summed E-state index contributed by atoms with van der Waals surface area (Å²) >= 11 is 0. The maximum atomic E-state index is 12.6. The summed E-state index contributed by atoms with van der Waals surface area (Å²) < 4.78 is 10.6. The number of benzene rings is 2. The van der Waals surface area contributed by atoms with Crippen molar-refractivity contribution in [2.24, 2.45) is 0 Å². The van der Waals surface area contributed by atoms with Crippen LogP contribution in [0.15, 0.2) is 60.7 Å². The van der Waals surface area contributed by atoms with Crippen molar-refractivity contribution in [3.63, 3.8) is 0 Å². The normalized spacial score (nSPS) is 10.4. The molecule has 0 aliphatic heterocycles. The Labute approximate surface area is 200 Å². The van der Waals surface area contributed by atoms with Gasteiger partial charge >= 0.3 is 18.2 Å². The molecule has 0 bridgehead atoms. The summed E-state index contributed by atoms with van der Waals surface area (Å²) in [7, 11) is 0. The van der Waals surface area contributed by atoms with Crippen molar-refractivity contribution in [3.8, 4) is 0 Å². The van der Waals surface area contributed by atoms with Crippen LogP contribution in [0.1, 0.15) is 30.4 Å². The number of carboxylic acids is 1. The summed E-state index contributed by atoms with van der Waals surface area (Å²) in [5, 5.41) is 14.2. The number of rotatable bonds is 15. The zero-order valence-electron chi connectivity index (χ0n) is 19.3. The van der Waals surface area contributed by atoms with Crippen LogP contribution in [0, 0.1) is 0 Å². The number of hydrogen-bond acceptors (Lipinski definition) is 6. The van der Waals surface area contributed by atoms with Gasteiger partial charge in [0.2, 0.25) is 0 Å². The van der Waals surface area contributed by atoms with Gasteiger partial charge in [-0.15, -0.1) is 0 Å². The third-order valence-electron chi connectivity index (χ3n) is 4.86. The number of ether oxygens (including phenoxy) is 2. The average Bonchev–Trinajstić information content (AvgIpc) is 2.85. The molecule has 0 fully saturated rings. The first-order valence-electron chi connectivity index (χ1n) is 11.4. The lowest BCUT2D eigenvalue weighted by molar-refractivity contribution is -0.135. The lowest BCUT2D eigenvalue weighted by Crippen LogP contribution is -2.35. The van der Waals surface area contributed by atoms with Crippen LogP contribution < -0.4 is 10.6 Å². The number of hydrogen-bond donors (Lipinski definition) is 3. The molecule has 0 aliphatic carbocycles. The van der Waals surface area contributed by atoms with Crippen LogP contribution in [0.4, 0.5) is 9.59 Å². The Morgan fingerprint density at radius 3 is 1.97 bits per heavy atom. The molecule has 0 aliphatic rings. The number of amides is 2. The van der Waals surface area contributed by atoms with Gasteiger partial charge in [-0.05, 0) is 36.9 Å². The van der Waals surface area contributed by atoms with Gasteiger partial charge in [-0.25, -0.2) is 9.59 Å². The van der Waals surface area contributed by atoms with Crippen LogP contribution in [-0.2, 0) is 27.5 Å². The van der Waals surface area contributed by atoms with Gasteiger partial charge in [-0.1, -0.05) is 60.7 Å². The summed E-state index contributed by atoms with van der Waals surface area (Å²) in [6, 6.07) is 18.9. The Bertz CT molecular complexity index is 863. The predicted octanol–water partition coefficient (Wildman–Crippen LogP) is 3.40. The number of nitrogens with zero attached hydrogens (tertiary/aromatic N) is 1. The Kier molecular flexibility index (Phi) is 12.6. The molecule has 0 spiro atoms. The van der Waals surface area contributed by atoms with E-state index in [-0.39, 0.29) is 19.8 Å². The second-order valence-electron chi connectivity index (χ2n) is 7.65. The zero-order chi connectivity index (χ0) is 24.4. The van der Waals surface area contributed by atoms with E-state index < -0.39 is 18.2 Å². The lowest BCUT2D eigenvalue weighted by atomic mass is 10.2. The van der Waals surface area contributed by atoms with Crippen molar-refractivity contribution >= 4 is 18.2 Å². The molecule has 0 atom stereocenters. The van der Waals surface area contributed by atoms with Crippen LogP contribution >= 0.6 is 0 Å². The molecule has 9 nitrogen and oxygen atoms in total. The minimum Gasteiger partial charge on any atom is -0.480 e. The van der Waals surface area contributed by atoms with E-state index in [4.69, 9.17) is 14.6 Å². The molecule has 0 radical (unpaired) electrons. The van der Waals surface area contributed by atoms with Crippen LogP contribution in [0.3, 0.4) is 0 Å². The van der Waals surface area contributed by atoms with Crippen molar-refractivity contribution in [1.82, 2.24) is 15.5 Å². The standard InChI is InChI=1S/C25H33N3O6/c29-23(30)18-26-14-9-17-28(25(32)34-20-22-12-5-2-6-13-22)16-8-7-15-27-24(31)33-19-21-10-3-1-4-11-21/h1-6,10-13,26H,7-9,14-20H2,(H,27,31)(H,29,30). The SMILES string of the molecule is O=C(O)CNCCCN(CCCCNC(=O)OCc1ccccc1)C(=O)OCc1ccccc1. The van der Waals surface area contributed by atoms with E-state index in [0.29, 0.717) is 45.4 Å². The van der Waals surface area contributed by atoms with Crippen molar-refractivity contribution in [2.45, 2.75) is 32.5 Å². The fourth-order valence-electron chi connectivity index (χ4n) is 3.09. The highest BCUT2D eigenvalue weighted by Crippen LogP contribution is 2.06. The summed E-state index contributed by atoms with van der Waals surface area (Å²) in [5.41, 5.74) is 1.82. The minimum atomic E-state index is -0.922. The summed E-state index contributed by atoms with van der Waals surface area (Å²) in [6.07, 6.45) is 1.03. The number of carboxylic acid groups (broad SMARTS) is 1. The van der Waals surface area contributed by atoms with E-state index in [1.807, 2.05) is 60.7 Å². The molecule has 2 amide bonds. The minimum absolute atomic E-state index is 0.121. The van der Waals surface area contributed by atoms with Crippen molar-refractivity contribution < 1.29 is 29.0 Å². The molecule has 0 saturated carbocycles. The quantitative estimate of drug-likeness (QED) is 0.341. The third-order valence-corrected chi connectivity index (χ3v) is 4.86. The number of unbranched alkanes of at least 4 members (excludes halogenated alkanes) is 1. The maximum absolute atomic E-state index is 12.6. The van der Waals surface area contributed by atoms with E-state index in [2.05, 4.69) is 10.6 Å². The first-order valence-corrected chi connectivity index (χ1v) is 11.4.